The van der Waals surface area contributed by atoms with Crippen LogP contribution in [0, 0.1) is 5.92 Å². The molecular weight excluding hydrogens is 346 g/mol. The van der Waals surface area contributed by atoms with Gasteiger partial charge in [-0.05, 0) is 55.9 Å². The van der Waals surface area contributed by atoms with E-state index in [0.717, 1.165) is 38.1 Å². The van der Waals surface area contributed by atoms with Crippen LogP contribution >= 0.6 is 0 Å². The summed E-state index contributed by atoms with van der Waals surface area (Å²) in [6.45, 7) is 1.42. The lowest BCUT2D eigenvalue weighted by atomic mass is 9.94. The maximum atomic E-state index is 12.8. The van der Waals surface area contributed by atoms with Gasteiger partial charge in [0.05, 0.1) is 12.7 Å². The van der Waals surface area contributed by atoms with Crippen LogP contribution in [-0.2, 0) is 11.2 Å². The third-order valence-corrected chi connectivity index (χ3v) is 5.25. The van der Waals surface area contributed by atoms with Crippen LogP contribution < -0.4 is 0 Å². The maximum absolute atomic E-state index is 12.8. The summed E-state index contributed by atoms with van der Waals surface area (Å²) >= 11 is 0. The number of ether oxygens (including phenoxy) is 1. The summed E-state index contributed by atoms with van der Waals surface area (Å²) in [4.78, 5) is 30.7. The number of rotatable bonds is 5. The Morgan fingerprint density at radius 1 is 1.19 bits per heavy atom. The van der Waals surface area contributed by atoms with Crippen molar-refractivity contribution in [3.8, 4) is 0 Å². The standard InChI is InChI=1S/C20H23N3O4/c1-26-20(25)16-8-6-15(7-9-16)19(24)23-10-2-3-13(12-23)11-17-21-18(22-27-17)14-4-5-14/h6-9,13-14H,2-5,10-12H2,1H3. The number of piperidine rings is 1. The molecule has 0 spiro atoms. The second-order valence-electron chi connectivity index (χ2n) is 7.35. The lowest BCUT2D eigenvalue weighted by Gasteiger charge is -2.32. The van der Waals surface area contributed by atoms with Gasteiger partial charge in [-0.15, -0.1) is 0 Å². The van der Waals surface area contributed by atoms with E-state index in [1.54, 1.807) is 24.3 Å². The van der Waals surface area contributed by atoms with Crippen molar-refractivity contribution in [2.24, 2.45) is 5.92 Å². The summed E-state index contributed by atoms with van der Waals surface area (Å²) in [6.07, 6.45) is 5.02. The summed E-state index contributed by atoms with van der Waals surface area (Å²) in [5, 5.41) is 4.07. The van der Waals surface area contributed by atoms with Crippen LogP contribution in [0.15, 0.2) is 28.8 Å². The van der Waals surface area contributed by atoms with E-state index in [2.05, 4.69) is 14.9 Å². The monoisotopic (exact) mass is 369 g/mol. The predicted molar refractivity (Wildman–Crippen MR) is 96.4 cm³/mol. The SMILES string of the molecule is COC(=O)c1ccc(C(=O)N2CCCC(Cc3nc(C4CC4)no3)C2)cc1. The molecule has 1 aliphatic heterocycles. The van der Waals surface area contributed by atoms with Crippen LogP contribution in [0.5, 0.6) is 0 Å². The van der Waals surface area contributed by atoms with Gasteiger partial charge in [0.15, 0.2) is 5.82 Å². The number of nitrogens with zero attached hydrogens (tertiary/aromatic N) is 3. The van der Waals surface area contributed by atoms with E-state index in [1.165, 1.54) is 7.11 Å². The highest BCUT2D eigenvalue weighted by atomic mass is 16.5. The van der Waals surface area contributed by atoms with Crippen molar-refractivity contribution >= 4 is 11.9 Å². The normalized spacial score (nSPS) is 19.7. The number of benzene rings is 1. The number of esters is 1. The second-order valence-corrected chi connectivity index (χ2v) is 7.35. The Kier molecular flexibility index (Phi) is 4.92. The molecule has 2 aromatic rings. The number of methoxy groups -OCH3 is 1. The fourth-order valence-corrected chi connectivity index (χ4v) is 3.57. The van der Waals surface area contributed by atoms with Crippen molar-refractivity contribution < 1.29 is 18.8 Å². The molecule has 27 heavy (non-hydrogen) atoms. The Hall–Kier alpha value is -2.70. The summed E-state index contributed by atoms with van der Waals surface area (Å²) < 4.78 is 10.1. The van der Waals surface area contributed by atoms with Crippen molar-refractivity contribution in [3.63, 3.8) is 0 Å². The average Bonchev–Trinajstić information content (AvgIpc) is 3.46. The van der Waals surface area contributed by atoms with Gasteiger partial charge in [0.2, 0.25) is 5.89 Å². The molecule has 1 amide bonds. The molecule has 142 valence electrons. The lowest BCUT2D eigenvalue weighted by molar-refractivity contribution is 0.0598. The van der Waals surface area contributed by atoms with Gasteiger partial charge in [0.1, 0.15) is 0 Å². The number of carbonyl (C=O) groups is 2. The zero-order valence-electron chi connectivity index (χ0n) is 15.4. The first kappa shape index (κ1) is 17.7. The van der Waals surface area contributed by atoms with E-state index in [-0.39, 0.29) is 5.91 Å². The summed E-state index contributed by atoms with van der Waals surface area (Å²) in [6, 6.07) is 6.60. The molecule has 1 atom stereocenters. The quantitative estimate of drug-likeness (QED) is 0.754. The zero-order valence-corrected chi connectivity index (χ0v) is 15.4. The molecule has 1 aromatic heterocycles. The van der Waals surface area contributed by atoms with Gasteiger partial charge in [0.25, 0.3) is 5.91 Å². The fraction of sp³-hybridized carbons (Fsp3) is 0.500. The van der Waals surface area contributed by atoms with Gasteiger partial charge < -0.3 is 14.2 Å². The number of hydrogen-bond acceptors (Lipinski definition) is 6. The highest BCUT2D eigenvalue weighted by Crippen LogP contribution is 2.38. The third-order valence-electron chi connectivity index (χ3n) is 5.25. The van der Waals surface area contributed by atoms with E-state index in [9.17, 15) is 9.59 Å². The van der Waals surface area contributed by atoms with E-state index in [1.807, 2.05) is 4.90 Å². The number of carbonyl (C=O) groups excluding carboxylic acids is 2. The molecule has 2 fully saturated rings. The molecule has 1 aliphatic carbocycles. The van der Waals surface area contributed by atoms with Gasteiger partial charge in [-0.25, -0.2) is 4.79 Å². The third kappa shape index (κ3) is 4.02. The molecule has 1 saturated heterocycles. The van der Waals surface area contributed by atoms with Crippen molar-refractivity contribution in [1.82, 2.24) is 15.0 Å². The van der Waals surface area contributed by atoms with Crippen molar-refractivity contribution in [1.29, 1.82) is 0 Å². The van der Waals surface area contributed by atoms with Gasteiger partial charge in [-0.3, -0.25) is 4.79 Å². The molecule has 0 bridgehead atoms. The predicted octanol–water partition coefficient (Wildman–Crippen LogP) is 2.83. The Bertz CT molecular complexity index is 826. The highest BCUT2D eigenvalue weighted by molar-refractivity contribution is 5.96. The Labute approximate surface area is 157 Å². The molecule has 4 rings (SSSR count). The topological polar surface area (TPSA) is 85.5 Å². The molecule has 1 unspecified atom stereocenters. The largest absolute Gasteiger partial charge is 0.465 e. The lowest BCUT2D eigenvalue weighted by Crippen LogP contribution is -2.40. The number of likely N-dealkylation sites (tertiary alicyclic amines) is 1. The molecule has 2 aliphatic rings. The molecule has 7 nitrogen and oxygen atoms in total. The van der Waals surface area contributed by atoms with Gasteiger partial charge in [-0.2, -0.15) is 4.98 Å². The molecular formula is C20H23N3O4. The highest BCUT2D eigenvalue weighted by Gasteiger charge is 2.30. The summed E-state index contributed by atoms with van der Waals surface area (Å²) in [5.74, 6) is 1.90. The van der Waals surface area contributed by atoms with Crippen molar-refractivity contribution in [3.05, 3.63) is 47.1 Å². The van der Waals surface area contributed by atoms with E-state index in [0.29, 0.717) is 41.8 Å². The summed E-state index contributed by atoms with van der Waals surface area (Å²) in [7, 11) is 1.34. The number of hydrogen-bond donors (Lipinski definition) is 0. The maximum Gasteiger partial charge on any atom is 0.337 e. The number of aromatic nitrogens is 2. The van der Waals surface area contributed by atoms with Crippen LogP contribution in [-0.4, -0.2) is 47.1 Å². The smallest absolute Gasteiger partial charge is 0.337 e. The van der Waals surface area contributed by atoms with Crippen LogP contribution in [0.4, 0.5) is 0 Å². The molecule has 0 radical (unpaired) electrons. The Balaban J connectivity index is 1.37. The first-order valence-electron chi connectivity index (χ1n) is 9.44. The molecule has 0 N–H and O–H groups in total. The molecule has 7 heteroatoms. The molecule has 2 heterocycles. The molecule has 1 saturated carbocycles. The van der Waals surface area contributed by atoms with E-state index >= 15 is 0 Å². The average molecular weight is 369 g/mol. The van der Waals surface area contributed by atoms with E-state index in [4.69, 9.17) is 4.52 Å². The Morgan fingerprint density at radius 2 is 1.93 bits per heavy atom. The fourth-order valence-electron chi connectivity index (χ4n) is 3.57. The minimum atomic E-state index is -0.405. The second kappa shape index (κ2) is 7.50. The minimum Gasteiger partial charge on any atom is -0.465 e. The van der Waals surface area contributed by atoms with Gasteiger partial charge in [-0.1, -0.05) is 5.16 Å². The van der Waals surface area contributed by atoms with Crippen LogP contribution in [0.3, 0.4) is 0 Å². The summed E-state index contributed by atoms with van der Waals surface area (Å²) in [5.41, 5.74) is 1.02. The van der Waals surface area contributed by atoms with Crippen LogP contribution in [0.1, 0.15) is 64.0 Å². The van der Waals surface area contributed by atoms with E-state index < -0.39 is 5.97 Å². The van der Waals surface area contributed by atoms with Crippen LogP contribution in [0.2, 0.25) is 0 Å². The van der Waals surface area contributed by atoms with Gasteiger partial charge >= 0.3 is 5.97 Å². The van der Waals surface area contributed by atoms with Crippen molar-refractivity contribution in [2.45, 2.75) is 38.0 Å². The number of amides is 1. The van der Waals surface area contributed by atoms with Crippen molar-refractivity contribution in [2.75, 3.05) is 20.2 Å². The van der Waals surface area contributed by atoms with Crippen LogP contribution in [0.25, 0.3) is 0 Å². The zero-order chi connectivity index (χ0) is 18.8. The molecule has 1 aromatic carbocycles. The van der Waals surface area contributed by atoms with Gasteiger partial charge in [0, 0.05) is 31.0 Å². The first-order chi connectivity index (χ1) is 13.1. The first-order valence-corrected chi connectivity index (χ1v) is 9.44. The minimum absolute atomic E-state index is 0.0136. The Morgan fingerprint density at radius 3 is 2.63 bits per heavy atom.